The fourth-order valence-corrected chi connectivity index (χ4v) is 4.89. The highest BCUT2D eigenvalue weighted by molar-refractivity contribution is 5.98. The molecule has 2 fully saturated rings. The summed E-state index contributed by atoms with van der Waals surface area (Å²) in [5.41, 5.74) is 5.95. The molecule has 0 spiro atoms. The monoisotopic (exact) mass is 474 g/mol. The van der Waals surface area contributed by atoms with Gasteiger partial charge in [0, 0.05) is 25.8 Å². The maximum absolute atomic E-state index is 13.3. The molecule has 1 aromatic rings. The molecule has 10 heteroatoms. The summed E-state index contributed by atoms with van der Waals surface area (Å²) in [6, 6.07) is 1.30. The third-order valence-electron chi connectivity index (χ3n) is 6.67. The second kappa shape index (κ2) is 11.4. The SMILES string of the molecule is CC(C)C[C@H](NC(=O)[C@@H]1C[C@H](NC(=O)NC2CCCCC2)CN1C(=O)c1cccn1C)C(N)=O. The van der Waals surface area contributed by atoms with Crippen molar-refractivity contribution in [1.82, 2.24) is 25.4 Å². The quantitative estimate of drug-likeness (QED) is 0.450. The van der Waals surface area contributed by atoms with Gasteiger partial charge in [0.15, 0.2) is 0 Å². The number of carbonyl (C=O) groups is 4. The van der Waals surface area contributed by atoms with Crippen LogP contribution in [0.15, 0.2) is 18.3 Å². The smallest absolute Gasteiger partial charge is 0.315 e. The number of nitrogens with one attached hydrogen (secondary N) is 3. The van der Waals surface area contributed by atoms with Gasteiger partial charge in [-0.3, -0.25) is 14.4 Å². The lowest BCUT2D eigenvalue weighted by Gasteiger charge is -2.26. The topological polar surface area (TPSA) is 139 Å². The molecule has 0 radical (unpaired) electrons. The van der Waals surface area contributed by atoms with E-state index >= 15 is 0 Å². The summed E-state index contributed by atoms with van der Waals surface area (Å²) in [6.45, 7) is 4.08. The summed E-state index contributed by atoms with van der Waals surface area (Å²) in [6.07, 6.45) is 7.76. The Morgan fingerprint density at radius 1 is 1.09 bits per heavy atom. The van der Waals surface area contributed by atoms with Crippen molar-refractivity contribution >= 4 is 23.8 Å². The largest absolute Gasteiger partial charge is 0.368 e. The fourth-order valence-electron chi connectivity index (χ4n) is 4.89. The second-order valence-electron chi connectivity index (χ2n) is 9.96. The van der Waals surface area contributed by atoms with Crippen LogP contribution in [0.4, 0.5) is 4.79 Å². The molecule has 1 saturated carbocycles. The van der Waals surface area contributed by atoms with Crippen LogP contribution in [0, 0.1) is 5.92 Å². The number of aromatic nitrogens is 1. The number of nitrogens with two attached hydrogens (primary N) is 1. The molecule has 1 aliphatic carbocycles. The van der Waals surface area contributed by atoms with Gasteiger partial charge in [-0.05, 0) is 43.7 Å². The van der Waals surface area contributed by atoms with Crippen molar-refractivity contribution in [3.05, 3.63) is 24.0 Å². The van der Waals surface area contributed by atoms with Gasteiger partial charge in [-0.15, -0.1) is 0 Å². The molecular weight excluding hydrogens is 436 g/mol. The Morgan fingerprint density at radius 3 is 2.35 bits per heavy atom. The minimum Gasteiger partial charge on any atom is -0.368 e. The lowest BCUT2D eigenvalue weighted by molar-refractivity contribution is -0.130. The van der Waals surface area contributed by atoms with Gasteiger partial charge in [-0.2, -0.15) is 0 Å². The van der Waals surface area contributed by atoms with E-state index in [-0.39, 0.29) is 42.9 Å². The molecular formula is C24H38N6O4. The summed E-state index contributed by atoms with van der Waals surface area (Å²) >= 11 is 0. The third-order valence-corrected chi connectivity index (χ3v) is 6.67. The molecule has 188 valence electrons. The van der Waals surface area contributed by atoms with E-state index in [2.05, 4.69) is 16.0 Å². The number of rotatable bonds is 8. The molecule has 0 aromatic carbocycles. The Balaban J connectivity index is 1.72. The van der Waals surface area contributed by atoms with Crippen LogP contribution in [0.5, 0.6) is 0 Å². The highest BCUT2D eigenvalue weighted by Crippen LogP contribution is 2.22. The van der Waals surface area contributed by atoms with Gasteiger partial charge in [0.2, 0.25) is 11.8 Å². The summed E-state index contributed by atoms with van der Waals surface area (Å²) in [7, 11) is 1.76. The molecule has 0 bridgehead atoms. The molecule has 3 atom stereocenters. The minimum absolute atomic E-state index is 0.153. The van der Waals surface area contributed by atoms with Crippen molar-refractivity contribution in [2.75, 3.05) is 6.54 Å². The van der Waals surface area contributed by atoms with Gasteiger partial charge < -0.3 is 31.2 Å². The van der Waals surface area contributed by atoms with Crippen molar-refractivity contribution in [2.45, 2.75) is 83.0 Å². The Morgan fingerprint density at radius 2 is 1.76 bits per heavy atom. The number of aryl methyl sites for hydroxylation is 1. The van der Waals surface area contributed by atoms with Crippen LogP contribution in [-0.4, -0.2) is 63.9 Å². The van der Waals surface area contributed by atoms with Gasteiger partial charge in [0.1, 0.15) is 17.8 Å². The zero-order valence-corrected chi connectivity index (χ0v) is 20.4. The summed E-state index contributed by atoms with van der Waals surface area (Å²) in [5, 5.41) is 8.69. The van der Waals surface area contributed by atoms with Crippen LogP contribution in [0.2, 0.25) is 0 Å². The number of nitrogens with zero attached hydrogens (tertiary/aromatic N) is 2. The van der Waals surface area contributed by atoms with E-state index in [0.717, 1.165) is 25.7 Å². The average Bonchev–Trinajstić information content (AvgIpc) is 3.39. The molecule has 1 aromatic heterocycles. The van der Waals surface area contributed by atoms with E-state index in [1.807, 2.05) is 13.8 Å². The predicted octanol–water partition coefficient (Wildman–Crippen LogP) is 1.26. The van der Waals surface area contributed by atoms with Crippen LogP contribution >= 0.6 is 0 Å². The maximum atomic E-state index is 13.3. The lowest BCUT2D eigenvalue weighted by Crippen LogP contribution is -2.52. The zero-order chi connectivity index (χ0) is 24.8. The van der Waals surface area contributed by atoms with E-state index in [0.29, 0.717) is 12.1 Å². The van der Waals surface area contributed by atoms with Crippen LogP contribution in [-0.2, 0) is 16.6 Å². The van der Waals surface area contributed by atoms with Crippen molar-refractivity contribution in [1.29, 1.82) is 0 Å². The van der Waals surface area contributed by atoms with E-state index in [1.54, 1.807) is 29.9 Å². The van der Waals surface area contributed by atoms with Gasteiger partial charge in [0.25, 0.3) is 5.91 Å². The van der Waals surface area contributed by atoms with Crippen LogP contribution < -0.4 is 21.7 Å². The number of hydrogen-bond acceptors (Lipinski definition) is 4. The standard InChI is InChI=1S/C24H38N6O4/c1-15(2)12-18(21(25)31)28-22(32)20-13-17(27-24(34)26-16-8-5-4-6-9-16)14-30(20)23(33)19-10-7-11-29(19)3/h7,10-11,15-18,20H,4-6,8-9,12-14H2,1-3H3,(H2,25,31)(H,28,32)(H2,26,27,34)/t17-,18-,20-/m0/s1. The molecule has 2 heterocycles. The summed E-state index contributed by atoms with van der Waals surface area (Å²) < 4.78 is 1.69. The van der Waals surface area contributed by atoms with Crippen LogP contribution in [0.3, 0.4) is 0 Å². The molecule has 0 unspecified atom stereocenters. The minimum atomic E-state index is -0.823. The van der Waals surface area contributed by atoms with Crippen molar-refractivity contribution in [2.24, 2.45) is 18.7 Å². The van der Waals surface area contributed by atoms with Crippen LogP contribution in [0.25, 0.3) is 0 Å². The zero-order valence-electron chi connectivity index (χ0n) is 20.4. The van der Waals surface area contributed by atoms with Crippen molar-refractivity contribution < 1.29 is 19.2 Å². The number of urea groups is 1. The first kappa shape index (κ1) is 25.6. The Hall–Kier alpha value is -3.04. The van der Waals surface area contributed by atoms with E-state index in [9.17, 15) is 19.2 Å². The van der Waals surface area contributed by atoms with E-state index < -0.39 is 23.9 Å². The van der Waals surface area contributed by atoms with Gasteiger partial charge in [-0.1, -0.05) is 33.1 Å². The molecule has 3 rings (SSSR count). The number of hydrogen-bond donors (Lipinski definition) is 4. The number of likely N-dealkylation sites (tertiary alicyclic amines) is 1. The first-order valence-corrected chi connectivity index (χ1v) is 12.2. The van der Waals surface area contributed by atoms with Gasteiger partial charge in [0.05, 0.1) is 6.04 Å². The molecule has 1 saturated heterocycles. The van der Waals surface area contributed by atoms with E-state index in [4.69, 9.17) is 5.73 Å². The molecule has 10 nitrogen and oxygen atoms in total. The molecule has 2 aliphatic rings. The number of amides is 5. The second-order valence-corrected chi connectivity index (χ2v) is 9.96. The summed E-state index contributed by atoms with van der Waals surface area (Å²) in [4.78, 5) is 52.5. The maximum Gasteiger partial charge on any atom is 0.315 e. The third kappa shape index (κ3) is 6.51. The van der Waals surface area contributed by atoms with Crippen molar-refractivity contribution in [3.63, 3.8) is 0 Å². The van der Waals surface area contributed by atoms with Crippen molar-refractivity contribution in [3.8, 4) is 0 Å². The van der Waals surface area contributed by atoms with Gasteiger partial charge >= 0.3 is 6.03 Å². The average molecular weight is 475 g/mol. The van der Waals surface area contributed by atoms with Gasteiger partial charge in [-0.25, -0.2) is 4.79 Å². The molecule has 5 amide bonds. The normalized spacial score (nSPS) is 21.8. The molecule has 34 heavy (non-hydrogen) atoms. The van der Waals surface area contributed by atoms with Crippen LogP contribution in [0.1, 0.15) is 69.3 Å². The highest BCUT2D eigenvalue weighted by Gasteiger charge is 2.42. The Bertz CT molecular complexity index is 892. The highest BCUT2D eigenvalue weighted by atomic mass is 16.2. The molecule has 5 N–H and O–H groups in total. The predicted molar refractivity (Wildman–Crippen MR) is 128 cm³/mol. The fraction of sp³-hybridized carbons (Fsp3) is 0.667. The molecule has 1 aliphatic heterocycles. The number of carbonyl (C=O) groups excluding carboxylic acids is 4. The lowest BCUT2D eigenvalue weighted by atomic mass is 9.96. The Kier molecular flexibility index (Phi) is 8.57. The first-order chi connectivity index (χ1) is 16.2. The first-order valence-electron chi connectivity index (χ1n) is 12.2. The number of primary amides is 1. The Labute approximate surface area is 201 Å². The summed E-state index contributed by atoms with van der Waals surface area (Å²) in [5.74, 6) is -1.20. The van der Waals surface area contributed by atoms with E-state index in [1.165, 1.54) is 11.3 Å².